The number of rotatable bonds is 32. The van der Waals surface area contributed by atoms with Gasteiger partial charge >= 0.3 is 17.9 Å². The highest BCUT2D eigenvalue weighted by Crippen LogP contribution is 2.74. The first-order chi connectivity index (χ1) is 37.3. The van der Waals surface area contributed by atoms with Crippen molar-refractivity contribution in [1.29, 1.82) is 0 Å². The molecule has 1 aromatic carbocycles. The van der Waals surface area contributed by atoms with Crippen LogP contribution in [0.3, 0.4) is 0 Å². The number of aliphatic carboxylic acids is 1. The lowest BCUT2D eigenvalue weighted by atomic mass is 9.34. The van der Waals surface area contributed by atoms with Crippen LogP contribution in [0.15, 0.2) is 30.4 Å². The van der Waals surface area contributed by atoms with E-state index in [1.54, 1.807) is 0 Å². The SMILES string of the molecule is C#CCCCCCCCCCCCC(O)CC(O)COC(C)=O.C=CCCCCCCCCCCCC(O)CC(O)COC(C)=O.Cc1c(O)c(O)cc2c1CC=C1C2(C)CCC2(C)C3CC(C)(C(=O)O)CCC3(C)CCC12C. The van der Waals surface area contributed by atoms with Gasteiger partial charge in [-0.05, 0) is 142 Å². The molecule has 0 aliphatic heterocycles. The normalized spacial score (nSPS) is 26.2. The molecule has 0 spiro atoms. The zero-order valence-corrected chi connectivity index (χ0v) is 50.6. The number of aromatic hydroxyl groups is 2. The van der Waals surface area contributed by atoms with E-state index in [1.807, 2.05) is 26.0 Å². The van der Waals surface area contributed by atoms with Crippen LogP contribution in [0.25, 0.3) is 0 Å². The lowest BCUT2D eigenvalue weighted by Gasteiger charge is -2.69. The third kappa shape index (κ3) is 20.8. The molecule has 10 unspecified atom stereocenters. The number of aliphatic hydroxyl groups excluding tert-OH is 4. The van der Waals surface area contributed by atoms with Crippen molar-refractivity contribution in [2.75, 3.05) is 13.2 Å². The maximum atomic E-state index is 12.3. The first kappa shape index (κ1) is 69.4. The van der Waals surface area contributed by atoms with Crippen molar-refractivity contribution in [1.82, 2.24) is 0 Å². The summed E-state index contributed by atoms with van der Waals surface area (Å²) in [5.74, 6) is 1.57. The Kier molecular flexibility index (Phi) is 29.8. The van der Waals surface area contributed by atoms with E-state index in [1.165, 1.54) is 108 Å². The predicted octanol–water partition coefficient (Wildman–Crippen LogP) is 14.4. The van der Waals surface area contributed by atoms with Crippen molar-refractivity contribution in [3.8, 4) is 23.8 Å². The largest absolute Gasteiger partial charge is 0.504 e. The number of carboxylic acid groups (broad SMARTS) is 1. The summed E-state index contributed by atoms with van der Waals surface area (Å²) in [4.78, 5) is 33.5. The van der Waals surface area contributed by atoms with E-state index in [2.05, 4.69) is 46.3 Å². The molecule has 79 heavy (non-hydrogen) atoms. The molecule has 10 atom stereocenters. The summed E-state index contributed by atoms with van der Waals surface area (Å²) in [5.41, 5.74) is 4.00. The van der Waals surface area contributed by atoms with Crippen molar-refractivity contribution in [3.63, 3.8) is 0 Å². The van der Waals surface area contributed by atoms with E-state index >= 15 is 0 Å². The Labute approximate surface area is 478 Å². The number of hydrogen-bond donors (Lipinski definition) is 7. The number of ether oxygens (including phenoxy) is 2. The molecule has 0 radical (unpaired) electrons. The van der Waals surface area contributed by atoms with Crippen LogP contribution in [0, 0.1) is 46.8 Å². The Morgan fingerprint density at radius 2 is 1.15 bits per heavy atom. The van der Waals surface area contributed by atoms with Crippen LogP contribution < -0.4 is 0 Å². The molecule has 0 aromatic heterocycles. The van der Waals surface area contributed by atoms with Crippen molar-refractivity contribution < 1.29 is 59.6 Å². The Bertz CT molecular complexity index is 2110. The summed E-state index contributed by atoms with van der Waals surface area (Å²) < 4.78 is 9.42. The maximum Gasteiger partial charge on any atom is 0.309 e. The fourth-order valence-corrected chi connectivity index (χ4v) is 14.1. The van der Waals surface area contributed by atoms with Gasteiger partial charge in [-0.1, -0.05) is 148 Å². The zero-order chi connectivity index (χ0) is 58.9. The molecular weight excluding hydrogens is 997 g/mol. The first-order valence-corrected chi connectivity index (χ1v) is 30.9. The van der Waals surface area contributed by atoms with Gasteiger partial charge in [0.2, 0.25) is 0 Å². The minimum Gasteiger partial charge on any atom is -0.504 e. The average molecular weight is 1110 g/mol. The monoisotopic (exact) mass is 1110 g/mol. The molecule has 0 saturated heterocycles. The second-order valence-electron chi connectivity index (χ2n) is 25.7. The van der Waals surface area contributed by atoms with E-state index in [0.717, 1.165) is 107 Å². The summed E-state index contributed by atoms with van der Waals surface area (Å²) in [6.07, 6.45) is 40.6. The Balaban J connectivity index is 0.000000322. The molecule has 3 saturated carbocycles. The number of phenols is 2. The maximum absolute atomic E-state index is 12.3. The topological polar surface area (TPSA) is 211 Å². The first-order valence-electron chi connectivity index (χ1n) is 30.9. The number of aliphatic hydroxyl groups is 4. The van der Waals surface area contributed by atoms with E-state index in [0.29, 0.717) is 18.8 Å². The van der Waals surface area contributed by atoms with Gasteiger partial charge in [0, 0.05) is 38.5 Å². The number of benzene rings is 1. The Morgan fingerprint density at radius 1 is 0.684 bits per heavy atom. The molecule has 5 rings (SSSR count). The number of fused-ring (bicyclic) bond motifs is 7. The number of carbonyl (C=O) groups is 3. The molecular formula is C67H110O12. The van der Waals surface area contributed by atoms with E-state index in [4.69, 9.17) is 15.9 Å². The number of carboxylic acids is 1. The van der Waals surface area contributed by atoms with E-state index in [-0.39, 0.29) is 59.2 Å². The van der Waals surface area contributed by atoms with Gasteiger partial charge in [-0.2, -0.15) is 0 Å². The van der Waals surface area contributed by atoms with Gasteiger partial charge in [-0.15, -0.1) is 18.9 Å². The second-order valence-corrected chi connectivity index (χ2v) is 25.7. The number of allylic oxidation sites excluding steroid dienone is 3. The van der Waals surface area contributed by atoms with Gasteiger partial charge in [-0.3, -0.25) is 14.4 Å². The molecule has 3 fully saturated rings. The number of terminal acetylenes is 1. The summed E-state index contributed by atoms with van der Waals surface area (Å²) in [6, 6.07) is 1.81. The highest BCUT2D eigenvalue weighted by Gasteiger charge is 2.67. The lowest BCUT2D eigenvalue weighted by molar-refractivity contribution is -0.177. The Morgan fingerprint density at radius 3 is 1.62 bits per heavy atom. The molecule has 0 amide bonds. The smallest absolute Gasteiger partial charge is 0.309 e. The average Bonchev–Trinajstić information content (AvgIpc) is 3.54. The van der Waals surface area contributed by atoms with Gasteiger partial charge < -0.3 is 45.2 Å². The molecule has 12 heteroatoms. The minimum absolute atomic E-state index is 0.00431. The minimum atomic E-state index is -0.775. The van der Waals surface area contributed by atoms with Crippen LogP contribution in [-0.2, 0) is 35.7 Å². The van der Waals surface area contributed by atoms with Crippen LogP contribution in [0.1, 0.15) is 264 Å². The summed E-state index contributed by atoms with van der Waals surface area (Å²) in [7, 11) is 0. The number of hydrogen-bond acceptors (Lipinski definition) is 11. The number of unbranched alkanes of at least 4 members (excludes halogenated alkanes) is 18. The quantitative estimate of drug-likeness (QED) is 0.0118. The van der Waals surface area contributed by atoms with Gasteiger partial charge in [-0.25, -0.2) is 0 Å². The third-order valence-electron chi connectivity index (χ3n) is 19.4. The van der Waals surface area contributed by atoms with Crippen LogP contribution in [0.5, 0.6) is 11.5 Å². The predicted molar refractivity (Wildman–Crippen MR) is 317 cm³/mol. The summed E-state index contributed by atoms with van der Waals surface area (Å²) in [6.45, 7) is 19.8. The van der Waals surface area contributed by atoms with Crippen LogP contribution in [0.2, 0.25) is 0 Å². The fraction of sp³-hybridized carbons (Fsp3) is 0.776. The van der Waals surface area contributed by atoms with Gasteiger partial charge in [0.05, 0.1) is 29.8 Å². The Hall–Kier alpha value is -3.89. The summed E-state index contributed by atoms with van der Waals surface area (Å²) in [5, 5.41) is 69.7. The van der Waals surface area contributed by atoms with Gasteiger partial charge in [0.1, 0.15) is 13.2 Å². The van der Waals surface area contributed by atoms with E-state index in [9.17, 15) is 50.1 Å². The number of phenolic OH excluding ortho intramolecular Hbond substituents is 2. The molecule has 0 heterocycles. The van der Waals surface area contributed by atoms with Crippen LogP contribution >= 0.6 is 0 Å². The van der Waals surface area contributed by atoms with Crippen molar-refractivity contribution in [2.45, 2.75) is 291 Å². The van der Waals surface area contributed by atoms with E-state index < -0.39 is 47.7 Å². The highest BCUT2D eigenvalue weighted by atomic mass is 16.5. The van der Waals surface area contributed by atoms with Crippen molar-refractivity contribution >= 4 is 17.9 Å². The molecule has 1 aromatic rings. The zero-order valence-electron chi connectivity index (χ0n) is 50.6. The molecule has 4 aliphatic rings. The van der Waals surface area contributed by atoms with Crippen LogP contribution in [-0.4, -0.2) is 91.3 Å². The molecule has 12 nitrogen and oxygen atoms in total. The second kappa shape index (κ2) is 33.9. The van der Waals surface area contributed by atoms with Crippen molar-refractivity contribution in [2.24, 2.45) is 27.6 Å². The van der Waals surface area contributed by atoms with Crippen LogP contribution in [0.4, 0.5) is 0 Å². The number of carbonyl (C=O) groups excluding carboxylic acids is 2. The number of esters is 2. The molecule has 450 valence electrons. The molecule has 0 bridgehead atoms. The standard InChI is InChI=1S/C29H40O4.C19H36O4.C19H34O4/c1-17-18-7-8-21-27(4,19(18)15-20(30)23(17)31)12-14-29(6)22-16-26(3,24(32)33)10-9-25(22,2)11-13-28(21,29)5;2*1-3-4-5-6-7-8-9-10-11-12-13-14-18(21)15-19(22)16-23-17(2)20/h8,15,22,30-31H,7,9-14,16H2,1-6H3,(H,32,33);3,18-19,21-22H,1,4-16H2,2H3;1,18-19,21-22H,4-16H2,2H3. The lowest BCUT2D eigenvalue weighted by Crippen LogP contribution is -2.62. The third-order valence-corrected chi connectivity index (χ3v) is 19.4. The van der Waals surface area contributed by atoms with Gasteiger partial charge in [0.15, 0.2) is 11.5 Å². The highest BCUT2D eigenvalue weighted by molar-refractivity contribution is 5.74. The van der Waals surface area contributed by atoms with Gasteiger partial charge in [0.25, 0.3) is 0 Å². The molecule has 4 aliphatic carbocycles. The fourth-order valence-electron chi connectivity index (χ4n) is 14.1. The molecule has 7 N–H and O–H groups in total. The van der Waals surface area contributed by atoms with Crippen molar-refractivity contribution in [3.05, 3.63) is 47.1 Å². The summed E-state index contributed by atoms with van der Waals surface area (Å²) >= 11 is 0.